The summed E-state index contributed by atoms with van der Waals surface area (Å²) in [5.74, 6) is 0. The Labute approximate surface area is 444 Å². The van der Waals surface area contributed by atoms with Gasteiger partial charge in [-0.2, -0.15) is 0 Å². The summed E-state index contributed by atoms with van der Waals surface area (Å²) in [6.07, 6.45) is 0. The monoisotopic (exact) mass is 984 g/mol. The molecule has 0 bridgehead atoms. The van der Waals surface area contributed by atoms with Crippen molar-refractivity contribution in [3.8, 4) is 16.8 Å². The van der Waals surface area contributed by atoms with Crippen molar-refractivity contribution in [1.82, 2.24) is 4.57 Å². The first-order valence-electron chi connectivity index (χ1n) is 26.8. The maximum Gasteiger partial charge on any atom is 0.252 e. The molecule has 0 unspecified atom stereocenters. The van der Waals surface area contributed by atoms with Crippen LogP contribution >= 0.6 is 11.3 Å². The second kappa shape index (κ2) is 16.6. The summed E-state index contributed by atoms with van der Waals surface area (Å²) >= 11 is 1.93. The van der Waals surface area contributed by atoms with E-state index in [0.29, 0.717) is 0 Å². The maximum absolute atomic E-state index is 2.66. The van der Waals surface area contributed by atoms with Gasteiger partial charge in [0.05, 0.1) is 11.2 Å². The molecule has 4 heterocycles. The summed E-state index contributed by atoms with van der Waals surface area (Å²) in [6, 6.07) is 59.2. The molecule has 0 aliphatic carbocycles. The maximum atomic E-state index is 2.66. The van der Waals surface area contributed by atoms with Gasteiger partial charge in [-0.25, -0.2) is 0 Å². The van der Waals surface area contributed by atoms with Gasteiger partial charge in [-0.3, -0.25) is 0 Å². The first-order chi connectivity index (χ1) is 35.0. The summed E-state index contributed by atoms with van der Waals surface area (Å²) in [4.78, 5) is 6.52. The lowest BCUT2D eigenvalue weighted by Crippen LogP contribution is -2.60. The highest BCUT2D eigenvalue weighted by molar-refractivity contribution is 7.26. The molecule has 0 radical (unpaired) electrons. The lowest BCUT2D eigenvalue weighted by molar-refractivity contribution is 0.589. The largest absolute Gasteiger partial charge is 0.311 e. The predicted octanol–water partition coefficient (Wildman–Crippen LogP) is 17.9. The minimum Gasteiger partial charge on any atom is -0.311 e. The van der Waals surface area contributed by atoms with E-state index in [2.05, 4.69) is 270 Å². The van der Waals surface area contributed by atoms with E-state index in [9.17, 15) is 0 Å². The first kappa shape index (κ1) is 48.1. The van der Waals surface area contributed by atoms with Gasteiger partial charge in [0.1, 0.15) is 4.83 Å². The first-order valence-corrected chi connectivity index (χ1v) is 27.6. The topological polar surface area (TPSA) is 11.4 Å². The molecule has 0 N–H and O–H groups in total. The van der Waals surface area contributed by atoms with Crippen molar-refractivity contribution in [3.63, 3.8) is 0 Å². The zero-order valence-electron chi connectivity index (χ0n) is 46.3. The minimum absolute atomic E-state index is 0.0171. The van der Waals surface area contributed by atoms with Crippen molar-refractivity contribution < 1.29 is 0 Å². The van der Waals surface area contributed by atoms with Gasteiger partial charge in [0.15, 0.2) is 0 Å². The van der Waals surface area contributed by atoms with Crippen LogP contribution in [0.25, 0.3) is 48.0 Å². The number of hydrogen-bond donors (Lipinski definition) is 0. The van der Waals surface area contributed by atoms with Crippen LogP contribution in [0.15, 0.2) is 152 Å². The van der Waals surface area contributed by atoms with Gasteiger partial charge < -0.3 is 14.4 Å². The zero-order valence-corrected chi connectivity index (χ0v) is 47.1. The Kier molecular flexibility index (Phi) is 10.8. The summed E-state index contributed by atoms with van der Waals surface area (Å²) in [5.41, 5.74) is 25.3. The summed E-state index contributed by atoms with van der Waals surface area (Å²) in [5, 5.41) is 4.06. The van der Waals surface area contributed by atoms with E-state index in [1.54, 1.807) is 0 Å². The van der Waals surface area contributed by atoms with Crippen LogP contribution in [0.2, 0.25) is 0 Å². The van der Waals surface area contributed by atoms with Crippen LogP contribution < -0.4 is 26.2 Å². The van der Waals surface area contributed by atoms with Crippen molar-refractivity contribution in [3.05, 3.63) is 191 Å². The van der Waals surface area contributed by atoms with Crippen molar-refractivity contribution in [1.29, 1.82) is 0 Å². The summed E-state index contributed by atoms with van der Waals surface area (Å²) < 4.78 is 3.99. The lowest BCUT2D eigenvalue weighted by Gasteiger charge is -2.42. The van der Waals surface area contributed by atoms with Crippen LogP contribution in [-0.2, 0) is 21.7 Å². The fraction of sp³-hybridized carbons (Fsp3) is 0.275. The Morgan fingerprint density at radius 3 is 1.66 bits per heavy atom. The zero-order chi connectivity index (χ0) is 52.1. The van der Waals surface area contributed by atoms with Crippen LogP contribution in [0.5, 0.6) is 0 Å². The van der Waals surface area contributed by atoms with Crippen molar-refractivity contribution in [2.24, 2.45) is 0 Å². The highest BCUT2D eigenvalue weighted by atomic mass is 32.1. The van der Waals surface area contributed by atoms with Crippen molar-refractivity contribution >= 4 is 99.8 Å². The molecular weight excluding hydrogens is 914 g/mol. The third-order valence-corrected chi connectivity index (χ3v) is 17.4. The fourth-order valence-corrected chi connectivity index (χ4v) is 13.4. The van der Waals surface area contributed by atoms with Crippen LogP contribution in [0.4, 0.5) is 34.1 Å². The molecule has 3 nitrogen and oxygen atoms in total. The van der Waals surface area contributed by atoms with E-state index in [4.69, 9.17) is 0 Å². The molecule has 0 saturated heterocycles. The molecule has 0 spiro atoms. The Morgan fingerprint density at radius 2 is 1.04 bits per heavy atom. The Morgan fingerprint density at radius 1 is 0.459 bits per heavy atom. The second-order valence-electron chi connectivity index (χ2n) is 25.7. The smallest absolute Gasteiger partial charge is 0.252 e. The number of aromatic nitrogens is 1. The molecular formula is C69H70BN3S. The number of fused-ring (bicyclic) bond motifs is 9. The average molecular weight is 984 g/mol. The number of hydrogen-bond acceptors (Lipinski definition) is 3. The average Bonchev–Trinajstić information content (AvgIpc) is 3.88. The molecule has 2 aliphatic heterocycles. The molecule has 74 heavy (non-hydrogen) atoms. The van der Waals surface area contributed by atoms with Crippen LogP contribution in [-0.4, -0.2) is 11.3 Å². The molecule has 0 amide bonds. The van der Waals surface area contributed by atoms with Gasteiger partial charge >= 0.3 is 0 Å². The molecule has 5 heteroatoms. The predicted molar refractivity (Wildman–Crippen MR) is 325 cm³/mol. The molecule has 0 fully saturated rings. The standard InChI is InChI=1S/C69H70BN3S/c1-41-33-59-63-60(34-41)73-64-52(62-50-23-19-20-24-61(50)74-65(62)73)38-48(69(13,14)15)39-54(64)70(63)53-29-28-49(40-58(53)72(59)57-32-27-47(68(10,11)12)37-51(57)44-21-17-16-18-22-44)71(55-30-25-45(35-42(55)2)66(4,5)6)56-31-26-46(36-43(56)3)67(7,8)9/h16-40H,1-15H3. The highest BCUT2D eigenvalue weighted by Crippen LogP contribution is 2.50. The number of rotatable bonds is 5. The van der Waals surface area contributed by atoms with E-state index in [1.807, 2.05) is 11.3 Å². The number of benzene rings is 8. The third-order valence-electron chi connectivity index (χ3n) is 16.3. The van der Waals surface area contributed by atoms with Gasteiger partial charge in [-0.1, -0.05) is 174 Å². The van der Waals surface area contributed by atoms with Crippen molar-refractivity contribution in [2.75, 3.05) is 9.80 Å². The van der Waals surface area contributed by atoms with Gasteiger partial charge in [0.25, 0.3) is 6.71 Å². The van der Waals surface area contributed by atoms with Crippen molar-refractivity contribution in [2.45, 2.75) is 126 Å². The van der Waals surface area contributed by atoms with E-state index in [1.165, 1.54) is 132 Å². The number of thiophene rings is 1. The summed E-state index contributed by atoms with van der Waals surface area (Å²) in [7, 11) is 0. The minimum atomic E-state index is -0.0740. The molecule has 0 atom stereocenters. The quantitative estimate of drug-likeness (QED) is 0.159. The Bertz CT molecular complexity index is 3870. The molecule has 8 aromatic carbocycles. The second-order valence-corrected chi connectivity index (χ2v) is 26.8. The lowest BCUT2D eigenvalue weighted by atomic mass is 9.33. The van der Waals surface area contributed by atoms with Gasteiger partial charge in [0, 0.05) is 60.5 Å². The van der Waals surface area contributed by atoms with E-state index >= 15 is 0 Å². The normalized spacial score (nSPS) is 13.6. The molecule has 0 saturated carbocycles. The number of aryl methyl sites for hydroxylation is 3. The number of anilines is 6. The highest BCUT2D eigenvalue weighted by Gasteiger charge is 2.44. The van der Waals surface area contributed by atoms with E-state index in [0.717, 1.165) is 5.69 Å². The fourth-order valence-electron chi connectivity index (χ4n) is 12.1. The molecule has 12 rings (SSSR count). The van der Waals surface area contributed by atoms with E-state index in [-0.39, 0.29) is 28.4 Å². The van der Waals surface area contributed by atoms with Gasteiger partial charge in [-0.15, -0.1) is 11.3 Å². The van der Waals surface area contributed by atoms with E-state index < -0.39 is 0 Å². The Hall–Kier alpha value is -6.82. The molecule has 2 aromatic heterocycles. The number of nitrogens with zero attached hydrogens (tertiary/aromatic N) is 3. The van der Waals surface area contributed by atoms with Crippen LogP contribution in [0.1, 0.15) is 122 Å². The SMILES string of the molecule is Cc1cc2c3c(c1)-n1c4sc5ccccc5c4c4cc(C(C)(C)C)cc(c41)B3c1ccc(N(c3ccc(C(C)(C)C)cc3C)c3ccc(C(C)(C)C)cc3C)cc1N2c1ccc(C(C)(C)C)cc1-c1ccccc1. The molecule has 370 valence electrons. The Balaban J connectivity index is 1.21. The van der Waals surface area contributed by atoms with Gasteiger partial charge in [-0.05, 0) is 164 Å². The van der Waals surface area contributed by atoms with Crippen LogP contribution in [0, 0.1) is 20.8 Å². The van der Waals surface area contributed by atoms with Crippen LogP contribution in [0.3, 0.4) is 0 Å². The summed E-state index contributed by atoms with van der Waals surface area (Å²) in [6.45, 7) is 34.9. The molecule has 10 aromatic rings. The molecule has 2 aliphatic rings. The van der Waals surface area contributed by atoms with Gasteiger partial charge in [0.2, 0.25) is 0 Å². The third kappa shape index (κ3) is 7.58.